The maximum Gasteiger partial charge on any atom is 0.306 e. The first kappa shape index (κ1) is 16.4. The topological polar surface area (TPSA) is 75.6 Å². The number of carbonyl (C=O) groups excluding carboxylic acids is 1. The van der Waals surface area contributed by atoms with Gasteiger partial charge in [-0.1, -0.05) is 0 Å². The Balaban J connectivity index is 1.24. The molecular formula is C19H29NO4. The molecule has 1 unspecified atom stereocenters. The van der Waals surface area contributed by atoms with E-state index in [1.165, 1.54) is 25.7 Å². The molecule has 0 aromatic carbocycles. The Kier molecular flexibility index (Phi) is 4.31. The van der Waals surface area contributed by atoms with Gasteiger partial charge in [0.05, 0.1) is 11.5 Å². The highest BCUT2D eigenvalue weighted by atomic mass is 16.5. The van der Waals surface area contributed by atoms with Gasteiger partial charge in [0.2, 0.25) is 5.91 Å². The zero-order valence-corrected chi connectivity index (χ0v) is 14.3. The summed E-state index contributed by atoms with van der Waals surface area (Å²) in [4.78, 5) is 23.6. The van der Waals surface area contributed by atoms with Crippen molar-refractivity contribution in [2.45, 2.75) is 75.9 Å². The molecule has 4 rings (SSSR count). The third-order valence-corrected chi connectivity index (χ3v) is 6.86. The van der Waals surface area contributed by atoms with Crippen molar-refractivity contribution in [3.63, 3.8) is 0 Å². The number of aliphatic carboxylic acids is 1. The molecule has 3 aliphatic carbocycles. The van der Waals surface area contributed by atoms with Crippen LogP contribution in [-0.4, -0.2) is 35.2 Å². The van der Waals surface area contributed by atoms with Crippen LogP contribution in [0.2, 0.25) is 0 Å². The summed E-state index contributed by atoms with van der Waals surface area (Å²) >= 11 is 0. The van der Waals surface area contributed by atoms with Crippen molar-refractivity contribution in [1.82, 2.24) is 5.32 Å². The van der Waals surface area contributed by atoms with Crippen LogP contribution in [0.25, 0.3) is 0 Å². The highest BCUT2D eigenvalue weighted by molar-refractivity contribution is 5.79. The van der Waals surface area contributed by atoms with E-state index in [-0.39, 0.29) is 29.4 Å². The largest absolute Gasteiger partial charge is 0.481 e. The number of carboxylic acids is 1. The Labute approximate surface area is 143 Å². The van der Waals surface area contributed by atoms with Crippen molar-refractivity contribution in [2.24, 2.45) is 23.7 Å². The maximum atomic E-state index is 12.6. The predicted octanol–water partition coefficient (Wildman–Crippen LogP) is 2.73. The number of carboxylic acid groups (broad SMARTS) is 1. The van der Waals surface area contributed by atoms with Gasteiger partial charge in [0.1, 0.15) is 0 Å². The molecule has 1 heterocycles. The highest BCUT2D eigenvalue weighted by Gasteiger charge is 2.51. The van der Waals surface area contributed by atoms with E-state index in [9.17, 15) is 9.59 Å². The van der Waals surface area contributed by atoms with E-state index in [2.05, 4.69) is 5.32 Å². The monoisotopic (exact) mass is 335 g/mol. The molecule has 1 atom stereocenters. The molecule has 4 aliphatic rings. The molecule has 1 saturated heterocycles. The molecule has 5 nitrogen and oxygen atoms in total. The van der Waals surface area contributed by atoms with Gasteiger partial charge in [-0.15, -0.1) is 0 Å². The standard InChI is InChI=1S/C19H29NO4/c21-17(14-5-3-13(4-6-14)12-1-2-12)20-16-7-8-24-19(11-16)9-15(10-19)18(22)23/h12-16H,1-11H2,(H,20,21)(H,22,23). The van der Waals surface area contributed by atoms with E-state index in [4.69, 9.17) is 9.84 Å². The van der Waals surface area contributed by atoms with Crippen molar-refractivity contribution in [3.8, 4) is 0 Å². The average Bonchev–Trinajstić information content (AvgIpc) is 3.37. The summed E-state index contributed by atoms with van der Waals surface area (Å²) in [5.74, 6) is 1.26. The second kappa shape index (κ2) is 6.32. The first-order chi connectivity index (χ1) is 11.5. The second-order valence-electron chi connectivity index (χ2n) is 8.62. The molecule has 2 N–H and O–H groups in total. The highest BCUT2D eigenvalue weighted by Crippen LogP contribution is 2.47. The van der Waals surface area contributed by atoms with Crippen LogP contribution >= 0.6 is 0 Å². The zero-order chi connectivity index (χ0) is 16.7. The van der Waals surface area contributed by atoms with Gasteiger partial charge in [-0.2, -0.15) is 0 Å². The third kappa shape index (κ3) is 3.32. The SMILES string of the molecule is O=C(O)C1CC2(CC(NC(=O)C3CCC(C4CC4)CC3)CCO2)C1. The van der Waals surface area contributed by atoms with E-state index >= 15 is 0 Å². The third-order valence-electron chi connectivity index (χ3n) is 6.86. The molecule has 134 valence electrons. The first-order valence-corrected chi connectivity index (χ1v) is 9.72. The van der Waals surface area contributed by atoms with Crippen molar-refractivity contribution in [2.75, 3.05) is 6.61 Å². The van der Waals surface area contributed by atoms with Gasteiger partial charge >= 0.3 is 5.97 Å². The normalized spacial score (nSPS) is 42.3. The van der Waals surface area contributed by atoms with Gasteiger partial charge in [-0.05, 0) is 76.0 Å². The van der Waals surface area contributed by atoms with E-state index in [1.807, 2.05) is 0 Å². The summed E-state index contributed by atoms with van der Waals surface area (Å²) in [5, 5.41) is 12.3. The minimum absolute atomic E-state index is 0.155. The van der Waals surface area contributed by atoms with Crippen LogP contribution in [0.3, 0.4) is 0 Å². The first-order valence-electron chi connectivity index (χ1n) is 9.72. The lowest BCUT2D eigenvalue weighted by atomic mass is 9.66. The zero-order valence-electron chi connectivity index (χ0n) is 14.3. The number of hydrogen-bond acceptors (Lipinski definition) is 3. The van der Waals surface area contributed by atoms with Gasteiger partial charge in [0, 0.05) is 18.6 Å². The molecule has 4 fully saturated rings. The Hall–Kier alpha value is -1.10. The van der Waals surface area contributed by atoms with Gasteiger partial charge in [-0.3, -0.25) is 9.59 Å². The summed E-state index contributed by atoms with van der Waals surface area (Å²) < 4.78 is 5.87. The number of hydrogen-bond donors (Lipinski definition) is 2. The number of ether oxygens (including phenoxy) is 1. The Morgan fingerprint density at radius 2 is 1.50 bits per heavy atom. The van der Waals surface area contributed by atoms with Crippen LogP contribution < -0.4 is 5.32 Å². The Morgan fingerprint density at radius 3 is 2.08 bits per heavy atom. The fraction of sp³-hybridized carbons (Fsp3) is 0.895. The molecule has 0 aromatic heterocycles. The quantitative estimate of drug-likeness (QED) is 0.828. The number of rotatable bonds is 4. The van der Waals surface area contributed by atoms with Crippen LogP contribution in [0.4, 0.5) is 0 Å². The molecule has 1 spiro atoms. The summed E-state index contributed by atoms with van der Waals surface area (Å²) in [5.41, 5.74) is -0.289. The summed E-state index contributed by atoms with van der Waals surface area (Å²) in [6.07, 6.45) is 10.2. The lowest BCUT2D eigenvalue weighted by Crippen LogP contribution is -2.57. The summed E-state index contributed by atoms with van der Waals surface area (Å²) in [6.45, 7) is 0.631. The van der Waals surface area contributed by atoms with Crippen molar-refractivity contribution >= 4 is 11.9 Å². The molecule has 1 amide bonds. The van der Waals surface area contributed by atoms with Crippen LogP contribution in [0.1, 0.15) is 64.2 Å². The number of amides is 1. The molecule has 0 bridgehead atoms. The van der Waals surface area contributed by atoms with Crippen LogP contribution in [0.15, 0.2) is 0 Å². The van der Waals surface area contributed by atoms with Crippen LogP contribution in [0, 0.1) is 23.7 Å². The van der Waals surface area contributed by atoms with Crippen LogP contribution in [-0.2, 0) is 14.3 Å². The summed E-state index contributed by atoms with van der Waals surface area (Å²) in [6, 6.07) is 0.155. The minimum atomic E-state index is -0.720. The van der Waals surface area contributed by atoms with Gasteiger partial charge in [0.25, 0.3) is 0 Å². The van der Waals surface area contributed by atoms with Crippen molar-refractivity contribution in [3.05, 3.63) is 0 Å². The lowest BCUT2D eigenvalue weighted by Gasteiger charge is -2.50. The fourth-order valence-corrected chi connectivity index (χ4v) is 5.19. The van der Waals surface area contributed by atoms with E-state index in [1.54, 1.807) is 0 Å². The minimum Gasteiger partial charge on any atom is -0.481 e. The Morgan fingerprint density at radius 1 is 0.875 bits per heavy atom. The van der Waals surface area contributed by atoms with Crippen molar-refractivity contribution in [1.29, 1.82) is 0 Å². The molecule has 0 radical (unpaired) electrons. The number of nitrogens with one attached hydrogen (secondary N) is 1. The molecular weight excluding hydrogens is 306 g/mol. The second-order valence-corrected chi connectivity index (χ2v) is 8.62. The van der Waals surface area contributed by atoms with E-state index < -0.39 is 5.97 Å². The Bertz CT molecular complexity index is 501. The predicted molar refractivity (Wildman–Crippen MR) is 88.4 cm³/mol. The molecule has 1 aliphatic heterocycles. The van der Waals surface area contributed by atoms with Gasteiger partial charge < -0.3 is 15.2 Å². The van der Waals surface area contributed by atoms with E-state index in [0.29, 0.717) is 19.4 Å². The van der Waals surface area contributed by atoms with Gasteiger partial charge in [-0.25, -0.2) is 0 Å². The van der Waals surface area contributed by atoms with Crippen molar-refractivity contribution < 1.29 is 19.4 Å². The smallest absolute Gasteiger partial charge is 0.306 e. The molecule has 5 heteroatoms. The maximum absolute atomic E-state index is 12.6. The van der Waals surface area contributed by atoms with Gasteiger partial charge in [0.15, 0.2) is 0 Å². The molecule has 3 saturated carbocycles. The molecule has 0 aromatic rings. The van der Waals surface area contributed by atoms with E-state index in [0.717, 1.165) is 37.5 Å². The fourth-order valence-electron chi connectivity index (χ4n) is 5.19. The number of carbonyl (C=O) groups is 2. The van der Waals surface area contributed by atoms with Crippen LogP contribution in [0.5, 0.6) is 0 Å². The lowest BCUT2D eigenvalue weighted by molar-refractivity contribution is -0.182. The molecule has 24 heavy (non-hydrogen) atoms. The summed E-state index contributed by atoms with van der Waals surface area (Å²) in [7, 11) is 0. The average molecular weight is 335 g/mol.